The van der Waals surface area contributed by atoms with E-state index in [1.165, 1.54) is 0 Å². The Morgan fingerprint density at radius 1 is 1.21 bits per heavy atom. The van der Waals surface area contributed by atoms with Crippen molar-refractivity contribution in [3.05, 3.63) is 0 Å². The molecular weight excluding hydrogens is 240 g/mol. The minimum atomic E-state index is -0.890. The standard InChI is InChI=1S/C15H28N2O2/c1-5-7-15(11-16,8-6-2)13(19)17-12-14(3,4)9-10-18/h18H,5-10,12H2,1-4H3,(H,17,19). The molecule has 19 heavy (non-hydrogen) atoms. The summed E-state index contributed by atoms with van der Waals surface area (Å²) in [7, 11) is 0. The number of nitrogens with zero attached hydrogens (tertiary/aromatic N) is 1. The minimum absolute atomic E-state index is 0.107. The van der Waals surface area contributed by atoms with Crippen LogP contribution in [0.4, 0.5) is 0 Å². The van der Waals surface area contributed by atoms with Crippen LogP contribution in [0.3, 0.4) is 0 Å². The first-order valence-electron chi connectivity index (χ1n) is 7.18. The zero-order chi connectivity index (χ0) is 14.9. The molecule has 0 aromatic heterocycles. The summed E-state index contributed by atoms with van der Waals surface area (Å²) in [6, 6.07) is 2.22. The average molecular weight is 268 g/mol. The van der Waals surface area contributed by atoms with E-state index in [0.29, 0.717) is 25.8 Å². The van der Waals surface area contributed by atoms with Crippen molar-refractivity contribution in [1.82, 2.24) is 5.32 Å². The number of amides is 1. The van der Waals surface area contributed by atoms with Gasteiger partial charge in [-0.1, -0.05) is 40.5 Å². The SMILES string of the molecule is CCCC(C#N)(CCC)C(=O)NCC(C)(C)CCO. The maximum absolute atomic E-state index is 12.3. The van der Waals surface area contributed by atoms with Gasteiger partial charge in [-0.3, -0.25) is 4.79 Å². The highest BCUT2D eigenvalue weighted by Gasteiger charge is 2.37. The molecular formula is C15H28N2O2. The maximum Gasteiger partial charge on any atom is 0.240 e. The minimum Gasteiger partial charge on any atom is -0.396 e. The summed E-state index contributed by atoms with van der Waals surface area (Å²) in [5.41, 5.74) is -1.04. The Bertz CT molecular complexity index is 313. The number of aliphatic hydroxyl groups excluding tert-OH is 1. The summed E-state index contributed by atoms with van der Waals surface area (Å²) in [6.45, 7) is 8.57. The van der Waals surface area contributed by atoms with Crippen LogP contribution < -0.4 is 5.32 Å². The zero-order valence-electron chi connectivity index (χ0n) is 12.8. The first-order valence-corrected chi connectivity index (χ1v) is 7.18. The van der Waals surface area contributed by atoms with Crippen molar-refractivity contribution < 1.29 is 9.90 Å². The van der Waals surface area contributed by atoms with Gasteiger partial charge in [-0.25, -0.2) is 0 Å². The molecule has 0 radical (unpaired) electrons. The molecule has 2 N–H and O–H groups in total. The lowest BCUT2D eigenvalue weighted by Crippen LogP contribution is -2.44. The van der Waals surface area contributed by atoms with Gasteiger partial charge in [-0.15, -0.1) is 0 Å². The maximum atomic E-state index is 12.3. The van der Waals surface area contributed by atoms with Crippen LogP contribution in [-0.4, -0.2) is 24.2 Å². The van der Waals surface area contributed by atoms with Crippen LogP contribution in [0, 0.1) is 22.2 Å². The second kappa shape index (κ2) is 8.16. The third-order valence-corrected chi connectivity index (χ3v) is 3.52. The lowest BCUT2D eigenvalue weighted by atomic mass is 9.79. The molecule has 0 aromatic carbocycles. The van der Waals surface area contributed by atoms with Crippen molar-refractivity contribution in [2.75, 3.05) is 13.2 Å². The summed E-state index contributed by atoms with van der Waals surface area (Å²) in [6.07, 6.45) is 3.48. The van der Waals surface area contributed by atoms with Crippen LogP contribution >= 0.6 is 0 Å². The van der Waals surface area contributed by atoms with Crippen molar-refractivity contribution >= 4 is 5.91 Å². The highest BCUT2D eigenvalue weighted by molar-refractivity contribution is 5.85. The number of hydrogen-bond donors (Lipinski definition) is 2. The van der Waals surface area contributed by atoms with Crippen molar-refractivity contribution in [3.8, 4) is 6.07 Å². The van der Waals surface area contributed by atoms with Crippen molar-refractivity contribution in [3.63, 3.8) is 0 Å². The Balaban J connectivity index is 4.70. The van der Waals surface area contributed by atoms with E-state index >= 15 is 0 Å². The Hall–Kier alpha value is -1.08. The molecule has 0 unspecified atom stereocenters. The molecule has 0 aliphatic rings. The van der Waals surface area contributed by atoms with E-state index in [0.717, 1.165) is 12.8 Å². The van der Waals surface area contributed by atoms with Crippen LogP contribution in [0.25, 0.3) is 0 Å². The summed E-state index contributed by atoms with van der Waals surface area (Å²) >= 11 is 0. The van der Waals surface area contributed by atoms with E-state index in [4.69, 9.17) is 5.11 Å². The number of hydrogen-bond acceptors (Lipinski definition) is 3. The Morgan fingerprint density at radius 2 is 1.74 bits per heavy atom. The number of aliphatic hydroxyl groups is 1. The van der Waals surface area contributed by atoms with Crippen LogP contribution in [-0.2, 0) is 4.79 Å². The molecule has 4 nitrogen and oxygen atoms in total. The van der Waals surface area contributed by atoms with Gasteiger partial charge in [0.25, 0.3) is 0 Å². The second-order valence-corrected chi connectivity index (χ2v) is 6.01. The van der Waals surface area contributed by atoms with Crippen molar-refractivity contribution in [2.24, 2.45) is 10.8 Å². The van der Waals surface area contributed by atoms with Gasteiger partial charge in [-0.2, -0.15) is 5.26 Å². The predicted molar refractivity (Wildman–Crippen MR) is 76.4 cm³/mol. The van der Waals surface area contributed by atoms with Gasteiger partial charge >= 0.3 is 0 Å². The van der Waals surface area contributed by atoms with Gasteiger partial charge in [0.05, 0.1) is 6.07 Å². The van der Waals surface area contributed by atoms with Crippen molar-refractivity contribution in [1.29, 1.82) is 5.26 Å². The summed E-state index contributed by atoms with van der Waals surface area (Å²) < 4.78 is 0. The predicted octanol–water partition coefficient (Wildman–Crippen LogP) is 2.62. The molecule has 0 aromatic rings. The molecule has 0 bridgehead atoms. The molecule has 0 heterocycles. The van der Waals surface area contributed by atoms with Gasteiger partial charge in [0.2, 0.25) is 5.91 Å². The molecule has 110 valence electrons. The molecule has 0 aliphatic heterocycles. The van der Waals surface area contributed by atoms with E-state index in [-0.39, 0.29) is 17.9 Å². The van der Waals surface area contributed by atoms with Crippen LogP contribution in [0.2, 0.25) is 0 Å². The van der Waals surface area contributed by atoms with E-state index in [2.05, 4.69) is 11.4 Å². The van der Waals surface area contributed by atoms with Crippen molar-refractivity contribution in [2.45, 2.75) is 59.8 Å². The fourth-order valence-corrected chi connectivity index (χ4v) is 2.25. The van der Waals surface area contributed by atoms with Crippen LogP contribution in [0.5, 0.6) is 0 Å². The summed E-state index contributed by atoms with van der Waals surface area (Å²) in [4.78, 5) is 12.3. The largest absolute Gasteiger partial charge is 0.396 e. The first kappa shape index (κ1) is 17.9. The topological polar surface area (TPSA) is 73.1 Å². The molecule has 0 fully saturated rings. The van der Waals surface area contributed by atoms with Gasteiger partial charge < -0.3 is 10.4 Å². The Labute approximate surface area is 117 Å². The molecule has 0 rings (SSSR count). The highest BCUT2D eigenvalue weighted by Crippen LogP contribution is 2.30. The van der Waals surface area contributed by atoms with Crippen LogP contribution in [0.1, 0.15) is 59.8 Å². The lowest BCUT2D eigenvalue weighted by molar-refractivity contribution is -0.129. The molecule has 0 saturated carbocycles. The number of nitrogens with one attached hydrogen (secondary N) is 1. The van der Waals surface area contributed by atoms with Crippen LogP contribution in [0.15, 0.2) is 0 Å². The van der Waals surface area contributed by atoms with E-state index in [9.17, 15) is 10.1 Å². The Morgan fingerprint density at radius 3 is 2.11 bits per heavy atom. The average Bonchev–Trinajstić information content (AvgIpc) is 2.35. The highest BCUT2D eigenvalue weighted by atomic mass is 16.3. The first-order chi connectivity index (χ1) is 8.87. The van der Waals surface area contributed by atoms with E-state index < -0.39 is 5.41 Å². The molecule has 0 aliphatic carbocycles. The third-order valence-electron chi connectivity index (χ3n) is 3.52. The number of nitriles is 1. The second-order valence-electron chi connectivity index (χ2n) is 6.01. The number of carbonyl (C=O) groups excluding carboxylic acids is 1. The lowest BCUT2D eigenvalue weighted by Gasteiger charge is -2.29. The van der Waals surface area contributed by atoms with Gasteiger partial charge in [0, 0.05) is 13.2 Å². The van der Waals surface area contributed by atoms with Gasteiger partial charge in [0.1, 0.15) is 5.41 Å². The monoisotopic (exact) mass is 268 g/mol. The molecule has 0 spiro atoms. The molecule has 0 saturated heterocycles. The smallest absolute Gasteiger partial charge is 0.240 e. The number of rotatable bonds is 9. The molecule has 1 amide bonds. The molecule has 0 atom stereocenters. The summed E-state index contributed by atoms with van der Waals surface area (Å²) in [5, 5.41) is 21.3. The molecule has 4 heteroatoms. The van der Waals surface area contributed by atoms with Gasteiger partial charge in [-0.05, 0) is 24.7 Å². The fourth-order valence-electron chi connectivity index (χ4n) is 2.25. The van der Waals surface area contributed by atoms with E-state index in [1.54, 1.807) is 0 Å². The van der Waals surface area contributed by atoms with Gasteiger partial charge in [0.15, 0.2) is 0 Å². The van der Waals surface area contributed by atoms with E-state index in [1.807, 2.05) is 27.7 Å². The summed E-state index contributed by atoms with van der Waals surface area (Å²) in [5.74, 6) is -0.162. The quantitative estimate of drug-likeness (QED) is 0.675. The Kier molecular flexibility index (Phi) is 7.70. The third kappa shape index (κ3) is 5.61. The zero-order valence-corrected chi connectivity index (χ0v) is 12.8. The number of carbonyl (C=O) groups is 1. The normalized spacial score (nSPS) is 12.0. The fraction of sp³-hybridized carbons (Fsp3) is 0.867.